The summed E-state index contributed by atoms with van der Waals surface area (Å²) in [7, 11) is 0. The van der Waals surface area contributed by atoms with E-state index in [4.69, 9.17) is 21.6 Å². The van der Waals surface area contributed by atoms with Gasteiger partial charge in [0.1, 0.15) is 23.2 Å². The second-order valence-electron chi connectivity index (χ2n) is 6.84. The number of hydrogen-bond acceptors (Lipinski definition) is 6. The summed E-state index contributed by atoms with van der Waals surface area (Å²) in [5.41, 5.74) is -0.307. The van der Waals surface area contributed by atoms with Gasteiger partial charge in [0.15, 0.2) is 0 Å². The number of nitriles is 1. The molecule has 0 bridgehead atoms. The molecule has 24 heavy (non-hydrogen) atoms. The molecule has 1 fully saturated rings. The van der Waals surface area contributed by atoms with Crippen molar-refractivity contribution in [2.24, 2.45) is 0 Å². The first-order chi connectivity index (χ1) is 11.1. The largest absolute Gasteiger partial charge is 0.444 e. The maximum absolute atomic E-state index is 12.4. The van der Waals surface area contributed by atoms with Crippen LogP contribution in [-0.4, -0.2) is 51.7 Å². The molecule has 7 nitrogen and oxygen atoms in total. The average Bonchev–Trinajstić information content (AvgIpc) is 2.47. The highest BCUT2D eigenvalue weighted by atomic mass is 35.5. The van der Waals surface area contributed by atoms with Gasteiger partial charge in [-0.25, -0.2) is 14.8 Å². The van der Waals surface area contributed by atoms with Gasteiger partial charge in [0.25, 0.3) is 0 Å². The van der Waals surface area contributed by atoms with Crippen molar-refractivity contribution in [3.05, 3.63) is 17.0 Å². The zero-order valence-electron chi connectivity index (χ0n) is 14.6. The van der Waals surface area contributed by atoms with Gasteiger partial charge in [-0.3, -0.25) is 0 Å². The van der Waals surface area contributed by atoms with Crippen molar-refractivity contribution in [1.29, 1.82) is 5.26 Å². The molecule has 1 aromatic rings. The fourth-order valence-electron chi connectivity index (χ4n) is 2.66. The van der Waals surface area contributed by atoms with Crippen LogP contribution in [0.15, 0.2) is 6.07 Å². The van der Waals surface area contributed by atoms with Gasteiger partial charge < -0.3 is 14.5 Å². The Hall–Kier alpha value is -2.07. The van der Waals surface area contributed by atoms with Crippen molar-refractivity contribution in [2.45, 2.75) is 52.3 Å². The summed E-state index contributed by atoms with van der Waals surface area (Å²) in [5, 5.41) is 9.08. The van der Waals surface area contributed by atoms with Gasteiger partial charge in [-0.05, 0) is 46.2 Å². The lowest BCUT2D eigenvalue weighted by atomic mass is 10.1. The van der Waals surface area contributed by atoms with Gasteiger partial charge >= 0.3 is 6.09 Å². The van der Waals surface area contributed by atoms with Gasteiger partial charge in [0.05, 0.1) is 6.04 Å². The lowest BCUT2D eigenvalue weighted by molar-refractivity contribution is 0.0120. The zero-order chi connectivity index (χ0) is 18.1. The maximum atomic E-state index is 12.4. The van der Waals surface area contributed by atoms with E-state index in [-0.39, 0.29) is 29.2 Å². The average molecular weight is 352 g/mol. The Morgan fingerprint density at radius 2 is 2.00 bits per heavy atom. The maximum Gasteiger partial charge on any atom is 0.410 e. The van der Waals surface area contributed by atoms with E-state index in [1.54, 1.807) is 11.0 Å². The predicted octanol–water partition coefficient (Wildman–Crippen LogP) is 2.84. The number of amides is 1. The van der Waals surface area contributed by atoms with Crippen LogP contribution in [0.25, 0.3) is 0 Å². The van der Waals surface area contributed by atoms with Crippen molar-refractivity contribution in [1.82, 2.24) is 14.9 Å². The molecule has 0 aromatic carbocycles. The minimum atomic E-state index is -0.529. The molecule has 1 amide bonds. The van der Waals surface area contributed by atoms with Crippen LogP contribution in [0.1, 0.15) is 40.3 Å². The van der Waals surface area contributed by atoms with Gasteiger partial charge in [0.2, 0.25) is 5.28 Å². The fourth-order valence-corrected chi connectivity index (χ4v) is 2.83. The first-order valence-electron chi connectivity index (χ1n) is 7.83. The number of hydrogen-bond donors (Lipinski definition) is 0. The van der Waals surface area contributed by atoms with Crippen molar-refractivity contribution < 1.29 is 9.53 Å². The van der Waals surface area contributed by atoms with Crippen molar-refractivity contribution >= 4 is 23.5 Å². The summed E-state index contributed by atoms with van der Waals surface area (Å²) in [4.78, 5) is 24.2. The van der Waals surface area contributed by atoms with E-state index in [2.05, 4.69) is 9.97 Å². The predicted molar refractivity (Wildman–Crippen MR) is 91.0 cm³/mol. The minimum Gasteiger partial charge on any atom is -0.444 e. The number of ether oxygens (including phenoxy) is 1. The van der Waals surface area contributed by atoms with Crippen LogP contribution in [0.4, 0.5) is 10.6 Å². The second kappa shape index (κ2) is 6.81. The molecule has 8 heteroatoms. The van der Waals surface area contributed by atoms with E-state index in [1.165, 1.54) is 0 Å². The van der Waals surface area contributed by atoms with E-state index in [0.29, 0.717) is 18.9 Å². The number of aromatic nitrogens is 2. The third-order valence-corrected chi connectivity index (χ3v) is 4.15. The summed E-state index contributed by atoms with van der Waals surface area (Å²) in [6.45, 7) is 10.6. The molecular formula is C16H22ClN5O2. The third-order valence-electron chi connectivity index (χ3n) is 3.99. The molecule has 1 aliphatic heterocycles. The highest BCUT2D eigenvalue weighted by Crippen LogP contribution is 2.25. The quantitative estimate of drug-likeness (QED) is 0.723. The van der Waals surface area contributed by atoms with Gasteiger partial charge in [-0.1, -0.05) is 0 Å². The van der Waals surface area contributed by atoms with Crippen molar-refractivity contribution in [3.8, 4) is 6.07 Å². The molecule has 0 spiro atoms. The molecule has 1 aromatic heterocycles. The highest BCUT2D eigenvalue weighted by Gasteiger charge is 2.36. The molecule has 0 saturated carbocycles. The van der Waals surface area contributed by atoms with Crippen molar-refractivity contribution in [3.63, 3.8) is 0 Å². The summed E-state index contributed by atoms with van der Waals surface area (Å²) in [6, 6.07) is 3.50. The Labute approximate surface area is 147 Å². The van der Waals surface area contributed by atoms with Gasteiger partial charge in [0, 0.05) is 25.2 Å². The monoisotopic (exact) mass is 351 g/mol. The Bertz CT molecular complexity index is 667. The Balaban J connectivity index is 2.18. The van der Waals surface area contributed by atoms with Gasteiger partial charge in [-0.15, -0.1) is 0 Å². The lowest BCUT2D eigenvalue weighted by Gasteiger charge is -2.45. The van der Waals surface area contributed by atoms with Crippen LogP contribution in [-0.2, 0) is 4.74 Å². The molecule has 1 aliphatic rings. The molecular weight excluding hydrogens is 330 g/mol. The second-order valence-corrected chi connectivity index (χ2v) is 7.18. The van der Waals surface area contributed by atoms with Crippen LogP contribution in [0.2, 0.25) is 5.28 Å². The minimum absolute atomic E-state index is 0.0104. The molecule has 1 saturated heterocycles. The Morgan fingerprint density at radius 1 is 1.33 bits per heavy atom. The van der Waals surface area contributed by atoms with Crippen LogP contribution in [0.3, 0.4) is 0 Å². The third kappa shape index (κ3) is 4.06. The molecule has 0 radical (unpaired) electrons. The molecule has 2 rings (SSSR count). The SMILES string of the molecule is CC1C(C)N(c2cc(C#N)nc(Cl)n2)CCN1C(=O)OC(C)(C)C. The number of nitrogens with zero attached hydrogens (tertiary/aromatic N) is 5. The van der Waals surface area contributed by atoms with Crippen LogP contribution < -0.4 is 4.90 Å². The number of piperazine rings is 1. The molecule has 2 unspecified atom stereocenters. The number of anilines is 1. The van der Waals surface area contributed by atoms with Crippen LogP contribution in [0.5, 0.6) is 0 Å². The molecule has 130 valence electrons. The summed E-state index contributed by atoms with van der Waals surface area (Å²) < 4.78 is 5.47. The standard InChI is InChI=1S/C16H22ClN5O2/c1-10-11(2)22(15(23)24-16(3,4)5)7-6-21(10)13-8-12(9-18)19-14(17)20-13/h8,10-11H,6-7H2,1-5H3. The van der Waals surface area contributed by atoms with Crippen molar-refractivity contribution in [2.75, 3.05) is 18.0 Å². The van der Waals surface area contributed by atoms with Gasteiger partial charge in [-0.2, -0.15) is 5.26 Å². The van der Waals surface area contributed by atoms with Crippen LogP contribution >= 0.6 is 11.6 Å². The Morgan fingerprint density at radius 3 is 2.58 bits per heavy atom. The summed E-state index contributed by atoms with van der Waals surface area (Å²) in [6.07, 6.45) is -0.320. The molecule has 0 N–H and O–H groups in total. The number of rotatable bonds is 1. The molecule has 0 aliphatic carbocycles. The molecule has 2 heterocycles. The summed E-state index contributed by atoms with van der Waals surface area (Å²) >= 11 is 5.90. The summed E-state index contributed by atoms with van der Waals surface area (Å²) in [5.74, 6) is 0.592. The Kier molecular flexibility index (Phi) is 5.19. The molecule has 2 atom stereocenters. The zero-order valence-corrected chi connectivity index (χ0v) is 15.3. The lowest BCUT2D eigenvalue weighted by Crippen LogP contribution is -2.60. The van der Waals surface area contributed by atoms with E-state index < -0.39 is 5.60 Å². The number of carbonyl (C=O) groups excluding carboxylic acids is 1. The first kappa shape index (κ1) is 18.3. The van der Waals surface area contributed by atoms with E-state index in [1.807, 2.05) is 45.6 Å². The topological polar surface area (TPSA) is 82.4 Å². The normalized spacial score (nSPS) is 21.4. The highest BCUT2D eigenvalue weighted by molar-refractivity contribution is 6.28. The first-order valence-corrected chi connectivity index (χ1v) is 8.21. The van der Waals surface area contributed by atoms with E-state index in [9.17, 15) is 4.79 Å². The number of carbonyl (C=O) groups is 1. The fraction of sp³-hybridized carbons (Fsp3) is 0.625. The number of halogens is 1. The van der Waals surface area contributed by atoms with Crippen LogP contribution in [0, 0.1) is 11.3 Å². The van der Waals surface area contributed by atoms with E-state index in [0.717, 1.165) is 0 Å². The van der Waals surface area contributed by atoms with E-state index >= 15 is 0 Å². The smallest absolute Gasteiger partial charge is 0.410 e.